The van der Waals surface area contributed by atoms with Gasteiger partial charge in [-0.25, -0.2) is 19.6 Å². The number of carbonyl (C=O) groups is 1. The van der Waals surface area contributed by atoms with Gasteiger partial charge in [-0.2, -0.15) is 5.10 Å². The summed E-state index contributed by atoms with van der Waals surface area (Å²) in [6, 6.07) is -0.392. The molecule has 1 amide bonds. The number of aromatic amines is 1. The van der Waals surface area contributed by atoms with Crippen LogP contribution in [0.15, 0.2) is 22.7 Å². The first-order valence-electron chi connectivity index (χ1n) is 8.20. The zero-order chi connectivity index (χ0) is 18.7. The second-order valence-corrected chi connectivity index (χ2v) is 6.83. The van der Waals surface area contributed by atoms with Crippen LogP contribution in [0.4, 0.5) is 0 Å². The summed E-state index contributed by atoms with van der Waals surface area (Å²) in [5, 5.41) is 9.58. The van der Waals surface area contributed by atoms with Crippen molar-refractivity contribution in [3.05, 3.63) is 44.7 Å². The molecule has 1 atom stereocenters. The normalized spacial score (nSPS) is 12.1. The Balaban J connectivity index is 1.77. The van der Waals surface area contributed by atoms with Gasteiger partial charge in [-0.3, -0.25) is 9.59 Å². The average Bonchev–Trinajstić information content (AvgIpc) is 3.24. The number of aryl methyl sites for hydroxylation is 2. The number of thiazole rings is 1. The zero-order valence-electron chi connectivity index (χ0n) is 14.7. The molecule has 3 aromatic rings. The van der Waals surface area contributed by atoms with Crippen molar-refractivity contribution in [2.24, 2.45) is 0 Å². The van der Waals surface area contributed by atoms with Crippen LogP contribution in [0, 0.1) is 6.92 Å². The fourth-order valence-corrected chi connectivity index (χ4v) is 3.09. The van der Waals surface area contributed by atoms with Gasteiger partial charge in [0.25, 0.3) is 11.5 Å². The molecule has 9 nitrogen and oxygen atoms in total. The van der Waals surface area contributed by atoms with Gasteiger partial charge in [0.05, 0.1) is 11.0 Å². The van der Waals surface area contributed by atoms with Crippen LogP contribution >= 0.6 is 11.3 Å². The molecule has 0 saturated heterocycles. The van der Waals surface area contributed by atoms with Crippen LogP contribution in [-0.4, -0.2) is 35.6 Å². The lowest BCUT2D eigenvalue weighted by Crippen LogP contribution is -2.33. The summed E-state index contributed by atoms with van der Waals surface area (Å²) in [5.74, 6) is 0.462. The topological polar surface area (TPSA) is 118 Å². The fourth-order valence-electron chi connectivity index (χ4n) is 2.49. The second-order valence-electron chi connectivity index (χ2n) is 5.76. The first-order valence-corrected chi connectivity index (χ1v) is 9.08. The van der Waals surface area contributed by atoms with Crippen LogP contribution in [0.3, 0.4) is 0 Å². The number of hydrogen-bond acceptors (Lipinski definition) is 7. The molecule has 3 aromatic heterocycles. The molecule has 2 N–H and O–H groups in total. The van der Waals surface area contributed by atoms with Crippen LogP contribution in [0.2, 0.25) is 0 Å². The summed E-state index contributed by atoms with van der Waals surface area (Å²) >= 11 is 1.46. The fraction of sp³-hybridized carbons (Fsp3) is 0.375. The quantitative estimate of drug-likeness (QED) is 0.679. The highest BCUT2D eigenvalue weighted by atomic mass is 32.1. The van der Waals surface area contributed by atoms with Crippen LogP contribution in [0.25, 0.3) is 11.5 Å². The van der Waals surface area contributed by atoms with Gasteiger partial charge in [-0.05, 0) is 20.3 Å². The number of nitrogens with zero attached hydrogens (tertiary/aromatic N) is 5. The number of carbonyl (C=O) groups excluding carboxylic acids is 1. The average molecular weight is 373 g/mol. The van der Waals surface area contributed by atoms with Crippen LogP contribution in [0.5, 0.6) is 0 Å². The Hall–Kier alpha value is -2.88. The van der Waals surface area contributed by atoms with Crippen LogP contribution in [-0.2, 0) is 6.54 Å². The van der Waals surface area contributed by atoms with Crippen molar-refractivity contribution in [1.29, 1.82) is 0 Å². The van der Waals surface area contributed by atoms with E-state index in [0.29, 0.717) is 23.9 Å². The Morgan fingerprint density at radius 1 is 1.42 bits per heavy atom. The molecule has 3 rings (SSSR count). The maximum atomic E-state index is 12.5. The minimum absolute atomic E-state index is 0.0610. The van der Waals surface area contributed by atoms with Gasteiger partial charge in [-0.15, -0.1) is 11.3 Å². The molecule has 1 unspecified atom stereocenters. The number of amides is 1. The van der Waals surface area contributed by atoms with Crippen molar-refractivity contribution in [3.63, 3.8) is 0 Å². The lowest BCUT2D eigenvalue weighted by molar-refractivity contribution is 0.0935. The van der Waals surface area contributed by atoms with Crippen molar-refractivity contribution >= 4 is 17.2 Å². The third kappa shape index (κ3) is 3.69. The first kappa shape index (κ1) is 17.9. The third-order valence-electron chi connectivity index (χ3n) is 3.72. The summed E-state index contributed by atoms with van der Waals surface area (Å²) < 4.78 is 1.74. The van der Waals surface area contributed by atoms with Gasteiger partial charge in [0.15, 0.2) is 5.82 Å². The maximum Gasteiger partial charge on any atom is 0.264 e. The molecule has 0 fully saturated rings. The SMILES string of the molecule is CCCn1ncnc1C(C)NC(=O)c1cnc(-c2csc(C)n2)[nH]c1=O. The van der Waals surface area contributed by atoms with E-state index >= 15 is 0 Å². The molecule has 0 aliphatic carbocycles. The van der Waals surface area contributed by atoms with Gasteiger partial charge in [-0.1, -0.05) is 6.92 Å². The number of aromatic nitrogens is 6. The summed E-state index contributed by atoms with van der Waals surface area (Å²) in [7, 11) is 0. The van der Waals surface area contributed by atoms with Crippen molar-refractivity contribution in [3.8, 4) is 11.5 Å². The predicted molar refractivity (Wildman–Crippen MR) is 96.9 cm³/mol. The molecule has 0 radical (unpaired) electrons. The van der Waals surface area contributed by atoms with Crippen molar-refractivity contribution < 1.29 is 4.79 Å². The molecule has 26 heavy (non-hydrogen) atoms. The van der Waals surface area contributed by atoms with Gasteiger partial charge < -0.3 is 10.3 Å². The number of nitrogens with one attached hydrogen (secondary N) is 2. The minimum Gasteiger partial charge on any atom is -0.342 e. The highest BCUT2D eigenvalue weighted by Gasteiger charge is 2.19. The molecular formula is C16H19N7O2S. The Kier molecular flexibility index (Phi) is 5.21. The molecule has 0 bridgehead atoms. The van der Waals surface area contributed by atoms with E-state index in [1.165, 1.54) is 23.9 Å². The number of H-pyrrole nitrogens is 1. The van der Waals surface area contributed by atoms with Crippen molar-refractivity contribution in [2.75, 3.05) is 0 Å². The van der Waals surface area contributed by atoms with E-state index in [-0.39, 0.29) is 5.56 Å². The molecule has 0 aliphatic rings. The summed E-state index contributed by atoms with van der Waals surface area (Å²) in [6.45, 7) is 6.40. The lowest BCUT2D eigenvalue weighted by atomic mass is 10.2. The highest BCUT2D eigenvalue weighted by Crippen LogP contribution is 2.16. The van der Waals surface area contributed by atoms with E-state index in [2.05, 4.69) is 30.4 Å². The first-order chi connectivity index (χ1) is 12.5. The summed E-state index contributed by atoms with van der Waals surface area (Å²) in [5.41, 5.74) is 0.00656. The van der Waals surface area contributed by atoms with Crippen molar-refractivity contribution in [2.45, 2.75) is 39.8 Å². The number of rotatable bonds is 6. The standard InChI is InChI=1S/C16H19N7O2S/c1-4-5-23-14(18-8-19-23)9(2)20-15(24)11-6-17-13(22-16(11)25)12-7-26-10(3)21-12/h6-9H,4-5H2,1-3H3,(H,20,24)(H,17,22,25). The van der Waals surface area contributed by atoms with Crippen LogP contribution in [0.1, 0.15) is 47.5 Å². The highest BCUT2D eigenvalue weighted by molar-refractivity contribution is 7.09. The smallest absolute Gasteiger partial charge is 0.264 e. The monoisotopic (exact) mass is 373 g/mol. The van der Waals surface area contributed by atoms with Gasteiger partial charge in [0.1, 0.15) is 23.4 Å². The lowest BCUT2D eigenvalue weighted by Gasteiger charge is -2.14. The third-order valence-corrected chi connectivity index (χ3v) is 4.49. The van der Waals surface area contributed by atoms with Crippen molar-refractivity contribution in [1.82, 2.24) is 35.0 Å². The molecule has 0 aliphatic heterocycles. The molecule has 136 valence electrons. The molecular weight excluding hydrogens is 354 g/mol. The Morgan fingerprint density at radius 3 is 2.88 bits per heavy atom. The van der Waals surface area contributed by atoms with Gasteiger partial charge in [0.2, 0.25) is 0 Å². The van der Waals surface area contributed by atoms with E-state index in [0.717, 1.165) is 11.4 Å². The molecule has 3 heterocycles. The molecule has 0 aromatic carbocycles. The predicted octanol–water partition coefficient (Wildman–Crippen LogP) is 1.69. The van der Waals surface area contributed by atoms with Crippen LogP contribution < -0.4 is 10.9 Å². The maximum absolute atomic E-state index is 12.5. The van der Waals surface area contributed by atoms with E-state index in [4.69, 9.17) is 0 Å². The van der Waals surface area contributed by atoms with E-state index < -0.39 is 17.5 Å². The minimum atomic E-state index is -0.515. The number of hydrogen-bond donors (Lipinski definition) is 2. The van der Waals surface area contributed by atoms with E-state index in [1.54, 1.807) is 17.0 Å². The Labute approximate surface area is 153 Å². The molecule has 0 saturated carbocycles. The zero-order valence-corrected chi connectivity index (χ0v) is 15.5. The molecule has 0 spiro atoms. The summed E-state index contributed by atoms with van der Waals surface area (Å²) in [4.78, 5) is 40.0. The Bertz CT molecular complexity index is 975. The van der Waals surface area contributed by atoms with Gasteiger partial charge >= 0.3 is 0 Å². The largest absolute Gasteiger partial charge is 0.342 e. The van der Waals surface area contributed by atoms with E-state index in [9.17, 15) is 9.59 Å². The molecule has 10 heteroatoms. The van der Waals surface area contributed by atoms with Gasteiger partial charge in [0, 0.05) is 18.1 Å². The Morgan fingerprint density at radius 2 is 2.23 bits per heavy atom. The second kappa shape index (κ2) is 7.56. The summed E-state index contributed by atoms with van der Waals surface area (Å²) in [6.07, 6.45) is 3.62. The van der Waals surface area contributed by atoms with E-state index in [1.807, 2.05) is 13.8 Å².